The first kappa shape index (κ1) is 54.9. The number of aliphatic hydroxyl groups is 3. The number of unbranched alkanes of at least 4 members (excludes halogenated alkanes) is 26. The molecule has 0 aromatic heterocycles. The lowest BCUT2D eigenvalue weighted by Crippen LogP contribution is -2.60. The lowest BCUT2D eigenvalue weighted by molar-refractivity contribution is -0.301. The van der Waals surface area contributed by atoms with Crippen LogP contribution >= 0.6 is 0 Å². The first-order valence-electron chi connectivity index (χ1n) is 23.4. The maximum atomic E-state index is 12.8. The Bertz CT molecular complexity index is 1070. The van der Waals surface area contributed by atoms with Gasteiger partial charge >= 0.3 is 16.4 Å². The highest BCUT2D eigenvalue weighted by Gasteiger charge is 2.48. The van der Waals surface area contributed by atoms with Gasteiger partial charge in [0.1, 0.15) is 30.5 Å². The Morgan fingerprint density at radius 3 is 1.55 bits per heavy atom. The Morgan fingerprint density at radius 1 is 0.638 bits per heavy atom. The van der Waals surface area contributed by atoms with E-state index >= 15 is 0 Å². The Kier molecular flexibility index (Phi) is 35.6. The maximum Gasteiger partial charge on any atom is 0.397 e. The topological polar surface area (TPSA) is 178 Å². The summed E-state index contributed by atoms with van der Waals surface area (Å²) in [6.07, 6.45) is 31.1. The molecule has 12 nitrogen and oxygen atoms in total. The van der Waals surface area contributed by atoms with Crippen LogP contribution in [0.2, 0.25) is 0 Å². The molecule has 1 aliphatic heterocycles. The molecule has 1 saturated heterocycles. The molecule has 0 aromatic rings. The van der Waals surface area contributed by atoms with Crippen LogP contribution in [-0.2, 0) is 38.3 Å². The molecule has 6 atom stereocenters. The first-order chi connectivity index (χ1) is 28.1. The molecule has 1 heterocycles. The van der Waals surface area contributed by atoms with E-state index in [1.165, 1.54) is 141 Å². The number of aliphatic hydroxyl groups excluding tert-OH is 3. The number of allylic oxidation sites excluding steroid dienone is 2. The van der Waals surface area contributed by atoms with Crippen molar-refractivity contribution in [3.05, 3.63) is 12.2 Å². The molecule has 0 radical (unpaired) electrons. The van der Waals surface area contributed by atoms with Crippen LogP contribution < -0.4 is 0 Å². The van der Waals surface area contributed by atoms with Crippen molar-refractivity contribution in [2.75, 3.05) is 26.4 Å². The molecule has 13 heteroatoms. The predicted octanol–water partition coefficient (Wildman–Crippen LogP) is 9.86. The second-order valence-corrected chi connectivity index (χ2v) is 17.4. The molecule has 344 valence electrons. The van der Waals surface area contributed by atoms with E-state index in [1.807, 2.05) is 0 Å². The van der Waals surface area contributed by atoms with Gasteiger partial charge in [-0.3, -0.25) is 9.35 Å². The zero-order chi connectivity index (χ0) is 42.5. The first-order valence-corrected chi connectivity index (χ1v) is 24.8. The van der Waals surface area contributed by atoms with Crippen LogP contribution in [0.5, 0.6) is 0 Å². The Morgan fingerprint density at radius 2 is 1.09 bits per heavy atom. The number of carbonyl (C=O) groups is 1. The maximum absolute atomic E-state index is 12.8. The van der Waals surface area contributed by atoms with E-state index in [1.54, 1.807) is 0 Å². The third-order valence-corrected chi connectivity index (χ3v) is 11.4. The molecular formula is C45H86O12S. The summed E-state index contributed by atoms with van der Waals surface area (Å²) in [6, 6.07) is 0. The molecule has 1 aliphatic rings. The van der Waals surface area contributed by atoms with Gasteiger partial charge in [0.05, 0.1) is 19.8 Å². The highest BCUT2D eigenvalue weighted by Crippen LogP contribution is 2.26. The third-order valence-electron chi connectivity index (χ3n) is 10.9. The van der Waals surface area contributed by atoms with Gasteiger partial charge in [-0.25, -0.2) is 4.18 Å². The van der Waals surface area contributed by atoms with Crippen molar-refractivity contribution >= 4 is 16.4 Å². The average molecular weight is 851 g/mol. The third kappa shape index (κ3) is 30.8. The van der Waals surface area contributed by atoms with Crippen molar-refractivity contribution in [3.63, 3.8) is 0 Å². The van der Waals surface area contributed by atoms with Gasteiger partial charge in [0, 0.05) is 13.0 Å². The van der Waals surface area contributed by atoms with Crippen LogP contribution in [0.3, 0.4) is 0 Å². The largest absolute Gasteiger partial charge is 0.457 e. The van der Waals surface area contributed by atoms with E-state index in [4.69, 9.17) is 23.5 Å². The van der Waals surface area contributed by atoms with Crippen LogP contribution in [0.1, 0.15) is 206 Å². The van der Waals surface area contributed by atoms with Gasteiger partial charge in [0.15, 0.2) is 6.29 Å². The lowest BCUT2D eigenvalue weighted by atomic mass is 9.99. The summed E-state index contributed by atoms with van der Waals surface area (Å²) in [4.78, 5) is 12.8. The van der Waals surface area contributed by atoms with E-state index < -0.39 is 59.8 Å². The van der Waals surface area contributed by atoms with Crippen molar-refractivity contribution in [3.8, 4) is 0 Å². The lowest BCUT2D eigenvalue weighted by Gasteiger charge is -2.41. The smallest absolute Gasteiger partial charge is 0.397 e. The molecular weight excluding hydrogens is 765 g/mol. The van der Waals surface area contributed by atoms with Crippen LogP contribution in [0, 0.1) is 0 Å². The molecule has 0 aromatic carbocycles. The summed E-state index contributed by atoms with van der Waals surface area (Å²) in [7, 11) is -5.06. The Labute approximate surface area is 353 Å². The number of carbonyl (C=O) groups excluding carboxylic acids is 1. The number of ether oxygens (including phenoxy) is 4. The molecule has 0 saturated carbocycles. The minimum Gasteiger partial charge on any atom is -0.457 e. The molecule has 0 spiro atoms. The quantitative estimate of drug-likeness (QED) is 0.0198. The van der Waals surface area contributed by atoms with Crippen LogP contribution in [0.15, 0.2) is 12.2 Å². The highest BCUT2D eigenvalue weighted by atomic mass is 32.3. The van der Waals surface area contributed by atoms with Crippen molar-refractivity contribution in [2.24, 2.45) is 0 Å². The van der Waals surface area contributed by atoms with Gasteiger partial charge in [-0.1, -0.05) is 174 Å². The summed E-state index contributed by atoms with van der Waals surface area (Å²) in [5.41, 5.74) is 0. The zero-order valence-corrected chi connectivity index (χ0v) is 37.4. The highest BCUT2D eigenvalue weighted by molar-refractivity contribution is 7.80. The standard InChI is InChI=1S/C45H86O12S/c1-3-5-7-9-11-13-15-16-17-18-19-20-21-22-23-24-25-26-28-30-32-34-41(47)55-39(37-53-35-33-31-29-27-14-12-10-8-6-4-2)38-54-45-43(49)44(57-58(50,51)52)42(48)40(36-46)56-45/h18-19,39-40,42-46,48-49H,3-17,20-38H2,1-2H3,(H,50,51,52)/b19-18-. The van der Waals surface area contributed by atoms with Crippen molar-refractivity contribution < 1.29 is 56.2 Å². The van der Waals surface area contributed by atoms with Gasteiger partial charge in [-0.15, -0.1) is 0 Å². The molecule has 0 bridgehead atoms. The monoisotopic (exact) mass is 851 g/mol. The molecule has 1 rings (SSSR count). The predicted molar refractivity (Wildman–Crippen MR) is 230 cm³/mol. The Balaban J connectivity index is 2.35. The normalized spacial score (nSPS) is 20.6. The SMILES string of the molecule is CCCCCCCCCC/C=C\CCCCCCCCCCCC(=O)OC(COCCCCCCCCCCCC)COC1OC(CO)C(O)C(OS(=O)(=O)O)C1O. The summed E-state index contributed by atoms with van der Waals surface area (Å²) in [6.45, 7) is 4.00. The number of hydrogen-bond donors (Lipinski definition) is 4. The van der Waals surface area contributed by atoms with E-state index in [2.05, 4.69) is 30.2 Å². The summed E-state index contributed by atoms with van der Waals surface area (Å²) in [5, 5.41) is 30.6. The molecule has 4 N–H and O–H groups in total. The molecule has 0 amide bonds. The zero-order valence-electron chi connectivity index (χ0n) is 36.6. The van der Waals surface area contributed by atoms with E-state index in [0.717, 1.165) is 38.5 Å². The fourth-order valence-electron chi connectivity index (χ4n) is 7.32. The van der Waals surface area contributed by atoms with Crippen LogP contribution in [0.25, 0.3) is 0 Å². The number of rotatable bonds is 41. The van der Waals surface area contributed by atoms with E-state index in [0.29, 0.717) is 13.0 Å². The summed E-state index contributed by atoms with van der Waals surface area (Å²) >= 11 is 0. The minimum absolute atomic E-state index is 0.0403. The number of hydrogen-bond acceptors (Lipinski definition) is 11. The van der Waals surface area contributed by atoms with Crippen molar-refractivity contribution in [1.29, 1.82) is 0 Å². The minimum atomic E-state index is -5.06. The fourth-order valence-corrected chi connectivity index (χ4v) is 7.82. The Hall–Kier alpha value is -1.16. The van der Waals surface area contributed by atoms with Crippen molar-refractivity contribution in [2.45, 2.75) is 243 Å². The fraction of sp³-hybridized carbons (Fsp3) is 0.933. The van der Waals surface area contributed by atoms with Crippen molar-refractivity contribution in [1.82, 2.24) is 0 Å². The summed E-state index contributed by atoms with van der Waals surface area (Å²) < 4.78 is 59.0. The molecule has 0 aliphatic carbocycles. The molecule has 6 unspecified atom stereocenters. The van der Waals surface area contributed by atoms with Crippen LogP contribution in [-0.4, -0.2) is 97.5 Å². The molecule has 1 fully saturated rings. The number of esters is 1. The van der Waals surface area contributed by atoms with Gasteiger partial charge < -0.3 is 34.3 Å². The second-order valence-electron chi connectivity index (χ2n) is 16.4. The molecule has 58 heavy (non-hydrogen) atoms. The van der Waals surface area contributed by atoms with Gasteiger partial charge in [-0.2, -0.15) is 8.42 Å². The van der Waals surface area contributed by atoms with Gasteiger partial charge in [-0.05, 0) is 38.5 Å². The van der Waals surface area contributed by atoms with Crippen LogP contribution in [0.4, 0.5) is 0 Å². The summed E-state index contributed by atoms with van der Waals surface area (Å²) in [5.74, 6) is -0.399. The van der Waals surface area contributed by atoms with Gasteiger partial charge in [0.25, 0.3) is 0 Å². The van der Waals surface area contributed by atoms with Gasteiger partial charge in [0.2, 0.25) is 0 Å². The average Bonchev–Trinajstić information content (AvgIpc) is 3.19. The second kappa shape index (κ2) is 37.6. The van der Waals surface area contributed by atoms with E-state index in [-0.39, 0.29) is 19.6 Å². The van der Waals surface area contributed by atoms with E-state index in [9.17, 15) is 28.5 Å².